The van der Waals surface area contributed by atoms with Crippen LogP contribution in [0.3, 0.4) is 0 Å². The first kappa shape index (κ1) is 20.6. The maximum absolute atomic E-state index is 14.0. The molecule has 1 fully saturated rings. The molecule has 0 saturated carbocycles. The maximum atomic E-state index is 14.0. The molecule has 0 unspecified atom stereocenters. The number of anilines is 1. The zero-order valence-corrected chi connectivity index (χ0v) is 18.8. The van der Waals surface area contributed by atoms with Crippen molar-refractivity contribution in [2.24, 2.45) is 5.41 Å². The van der Waals surface area contributed by atoms with Crippen molar-refractivity contribution in [3.8, 4) is 5.75 Å². The molecule has 2 aromatic rings. The quantitative estimate of drug-likeness (QED) is 0.655. The van der Waals surface area contributed by atoms with E-state index < -0.39 is 5.41 Å². The van der Waals surface area contributed by atoms with Crippen LogP contribution in [0.4, 0.5) is 10.1 Å². The van der Waals surface area contributed by atoms with Gasteiger partial charge in [-0.05, 0) is 55.2 Å². The number of alkyl halides is 1. The van der Waals surface area contributed by atoms with E-state index in [0.29, 0.717) is 19.8 Å². The summed E-state index contributed by atoms with van der Waals surface area (Å²) in [6, 6.07) is 10.5. The Bertz CT molecular complexity index is 910. The van der Waals surface area contributed by atoms with Crippen molar-refractivity contribution in [3.05, 3.63) is 57.1 Å². The molecular formula is C23H28BrFN2O2. The van der Waals surface area contributed by atoms with Gasteiger partial charge in [-0.25, -0.2) is 0 Å². The van der Waals surface area contributed by atoms with E-state index >= 15 is 0 Å². The fraction of sp³-hybridized carbons (Fsp3) is 0.478. The van der Waals surface area contributed by atoms with Gasteiger partial charge >= 0.3 is 0 Å². The lowest BCUT2D eigenvalue weighted by atomic mass is 9.79. The van der Waals surface area contributed by atoms with Gasteiger partial charge in [0.25, 0.3) is 0 Å². The van der Waals surface area contributed by atoms with Crippen LogP contribution in [-0.4, -0.2) is 44.5 Å². The molecule has 6 heteroatoms. The highest BCUT2D eigenvalue weighted by atomic mass is 79.9. The van der Waals surface area contributed by atoms with E-state index in [9.17, 15) is 4.39 Å². The lowest BCUT2D eigenvalue weighted by Gasteiger charge is -2.49. The predicted octanol–water partition coefficient (Wildman–Crippen LogP) is 4.67. The third-order valence-electron chi connectivity index (χ3n) is 6.48. The van der Waals surface area contributed by atoms with Gasteiger partial charge in [0.2, 0.25) is 0 Å². The molecule has 0 aromatic heterocycles. The Kier molecular flexibility index (Phi) is 5.62. The standard InChI is InChI=1S/C23H28BrFN2O2/c1-14-8-19-15(2)20(26)7-6-17(19)22(18-5-4-16(24)9-21(18)28-3)27(14)11-23(10-25)12-29-13-23/h4-7,9,14,22H,8,10-13,26H2,1-3H3/t14-,22+/m1/s1. The summed E-state index contributed by atoms with van der Waals surface area (Å²) < 4.78 is 26.1. The first-order valence-electron chi connectivity index (χ1n) is 10.00. The lowest BCUT2D eigenvalue weighted by molar-refractivity contribution is -0.143. The number of methoxy groups -OCH3 is 1. The van der Waals surface area contributed by atoms with E-state index in [2.05, 4.69) is 46.8 Å². The number of ether oxygens (including phenoxy) is 2. The predicted molar refractivity (Wildman–Crippen MR) is 117 cm³/mol. The molecular weight excluding hydrogens is 435 g/mol. The summed E-state index contributed by atoms with van der Waals surface area (Å²) >= 11 is 3.55. The van der Waals surface area contributed by atoms with Crippen molar-refractivity contribution >= 4 is 21.6 Å². The Balaban J connectivity index is 1.87. The molecule has 2 aromatic carbocycles. The van der Waals surface area contributed by atoms with Crippen LogP contribution in [0.25, 0.3) is 0 Å². The second-order valence-electron chi connectivity index (χ2n) is 8.49. The van der Waals surface area contributed by atoms with Crippen molar-refractivity contribution in [1.29, 1.82) is 0 Å². The number of nitrogen functional groups attached to an aromatic ring is 1. The number of nitrogens with two attached hydrogens (primary N) is 1. The number of rotatable bonds is 5. The zero-order chi connectivity index (χ0) is 20.8. The average Bonchev–Trinajstić information content (AvgIpc) is 2.68. The second kappa shape index (κ2) is 7.89. The van der Waals surface area contributed by atoms with Crippen molar-refractivity contribution < 1.29 is 13.9 Å². The molecule has 0 radical (unpaired) electrons. The van der Waals surface area contributed by atoms with Crippen LogP contribution in [0, 0.1) is 12.3 Å². The van der Waals surface area contributed by atoms with E-state index in [1.54, 1.807) is 7.11 Å². The molecule has 2 heterocycles. The van der Waals surface area contributed by atoms with Gasteiger partial charge in [0.1, 0.15) is 12.4 Å². The largest absolute Gasteiger partial charge is 0.496 e. The molecule has 0 bridgehead atoms. The van der Waals surface area contributed by atoms with Crippen molar-refractivity contribution in [3.63, 3.8) is 0 Å². The maximum Gasteiger partial charge on any atom is 0.125 e. The molecule has 0 aliphatic carbocycles. The van der Waals surface area contributed by atoms with E-state index in [4.69, 9.17) is 15.2 Å². The monoisotopic (exact) mass is 462 g/mol. The molecule has 2 atom stereocenters. The van der Waals surface area contributed by atoms with Gasteiger partial charge < -0.3 is 15.2 Å². The summed E-state index contributed by atoms with van der Waals surface area (Å²) in [5.74, 6) is 0.822. The summed E-state index contributed by atoms with van der Waals surface area (Å²) in [4.78, 5) is 2.42. The fourth-order valence-corrected chi connectivity index (χ4v) is 5.00. The van der Waals surface area contributed by atoms with Crippen LogP contribution in [0.1, 0.15) is 35.2 Å². The van der Waals surface area contributed by atoms with Gasteiger partial charge in [0.15, 0.2) is 0 Å². The number of halogens is 2. The Morgan fingerprint density at radius 3 is 2.62 bits per heavy atom. The molecule has 2 N–H and O–H groups in total. The first-order chi connectivity index (χ1) is 13.9. The van der Waals surface area contributed by atoms with Gasteiger partial charge in [0.05, 0.1) is 31.8 Å². The first-order valence-corrected chi connectivity index (χ1v) is 10.8. The summed E-state index contributed by atoms with van der Waals surface area (Å²) in [6.07, 6.45) is 0.894. The van der Waals surface area contributed by atoms with E-state index in [1.807, 2.05) is 18.2 Å². The highest BCUT2D eigenvalue weighted by Gasteiger charge is 2.45. The summed E-state index contributed by atoms with van der Waals surface area (Å²) in [6.45, 7) is 5.55. The van der Waals surface area contributed by atoms with E-state index in [0.717, 1.165) is 33.5 Å². The number of hydrogen-bond donors (Lipinski definition) is 1. The molecule has 2 aliphatic rings. The van der Waals surface area contributed by atoms with Crippen LogP contribution >= 0.6 is 15.9 Å². The third kappa shape index (κ3) is 3.56. The summed E-state index contributed by atoms with van der Waals surface area (Å²) in [7, 11) is 1.69. The molecule has 4 nitrogen and oxygen atoms in total. The summed E-state index contributed by atoms with van der Waals surface area (Å²) in [5, 5.41) is 0. The minimum absolute atomic E-state index is 0.0277. The molecule has 29 heavy (non-hydrogen) atoms. The second-order valence-corrected chi connectivity index (χ2v) is 9.40. The number of fused-ring (bicyclic) bond motifs is 1. The van der Waals surface area contributed by atoms with Crippen molar-refractivity contribution in [2.75, 3.05) is 39.3 Å². The third-order valence-corrected chi connectivity index (χ3v) is 6.97. The molecule has 1 saturated heterocycles. The Labute approximate surface area is 180 Å². The van der Waals surface area contributed by atoms with Gasteiger partial charge in [-0.15, -0.1) is 0 Å². The number of hydrogen-bond acceptors (Lipinski definition) is 4. The minimum atomic E-state index is -0.421. The van der Waals surface area contributed by atoms with Gasteiger partial charge in [-0.3, -0.25) is 9.29 Å². The van der Waals surface area contributed by atoms with Crippen LogP contribution in [-0.2, 0) is 11.2 Å². The van der Waals surface area contributed by atoms with Crippen LogP contribution in [0.2, 0.25) is 0 Å². The van der Waals surface area contributed by atoms with Gasteiger partial charge in [0, 0.05) is 28.3 Å². The van der Waals surface area contributed by atoms with Crippen LogP contribution in [0.15, 0.2) is 34.8 Å². The Hall–Kier alpha value is -1.63. The molecule has 4 rings (SSSR count). The molecule has 156 valence electrons. The van der Waals surface area contributed by atoms with Gasteiger partial charge in [-0.2, -0.15) is 0 Å². The van der Waals surface area contributed by atoms with E-state index in [-0.39, 0.29) is 18.8 Å². The number of nitrogens with zero attached hydrogens (tertiary/aromatic N) is 1. The zero-order valence-electron chi connectivity index (χ0n) is 17.2. The van der Waals surface area contributed by atoms with Crippen LogP contribution in [0.5, 0.6) is 5.75 Å². The Morgan fingerprint density at radius 2 is 2.00 bits per heavy atom. The smallest absolute Gasteiger partial charge is 0.125 e. The van der Waals surface area contributed by atoms with Gasteiger partial charge in [-0.1, -0.05) is 28.1 Å². The number of benzene rings is 2. The average molecular weight is 463 g/mol. The molecule has 0 amide bonds. The minimum Gasteiger partial charge on any atom is -0.496 e. The fourth-order valence-electron chi connectivity index (χ4n) is 4.66. The van der Waals surface area contributed by atoms with E-state index in [1.165, 1.54) is 11.1 Å². The molecule has 0 spiro atoms. The highest BCUT2D eigenvalue weighted by molar-refractivity contribution is 9.10. The molecule has 2 aliphatic heterocycles. The van der Waals surface area contributed by atoms with Crippen molar-refractivity contribution in [1.82, 2.24) is 4.90 Å². The normalized spacial score (nSPS) is 23.3. The summed E-state index contributed by atoms with van der Waals surface area (Å²) in [5.41, 5.74) is 11.4. The topological polar surface area (TPSA) is 47.7 Å². The SMILES string of the molecule is COc1cc(Br)ccc1[C@@H]1c2ccc(N)c(C)c2C[C@@H](C)N1CC1(CF)COC1. The van der Waals surface area contributed by atoms with Crippen LogP contribution < -0.4 is 10.5 Å². The lowest BCUT2D eigenvalue weighted by Crippen LogP contribution is -2.56. The highest BCUT2D eigenvalue weighted by Crippen LogP contribution is 2.45. The van der Waals surface area contributed by atoms with Crippen molar-refractivity contribution in [2.45, 2.75) is 32.4 Å². The Morgan fingerprint density at radius 1 is 1.28 bits per heavy atom.